The van der Waals surface area contributed by atoms with Gasteiger partial charge in [0, 0.05) is 36.0 Å². The number of anilines is 1. The summed E-state index contributed by atoms with van der Waals surface area (Å²) in [6.45, 7) is 4.32. The Balaban J connectivity index is 1.56. The summed E-state index contributed by atoms with van der Waals surface area (Å²) in [5.41, 5.74) is 1.22. The number of amides is 1. The van der Waals surface area contributed by atoms with Gasteiger partial charge in [-0.2, -0.15) is 4.98 Å². The predicted molar refractivity (Wildman–Crippen MR) is 111 cm³/mol. The number of hydrogen-bond acceptors (Lipinski definition) is 5. The van der Waals surface area contributed by atoms with Crippen molar-refractivity contribution in [1.82, 2.24) is 14.7 Å². The highest BCUT2D eigenvalue weighted by molar-refractivity contribution is 6.31. The Bertz CT molecular complexity index is 1040. The molecular weight excluding hydrogens is 392 g/mol. The first-order chi connectivity index (χ1) is 13.9. The Morgan fingerprint density at radius 3 is 2.76 bits per heavy atom. The summed E-state index contributed by atoms with van der Waals surface area (Å²) in [5, 5.41) is 7.33. The van der Waals surface area contributed by atoms with Crippen molar-refractivity contribution in [3.8, 4) is 0 Å². The second-order valence-electron chi connectivity index (χ2n) is 7.08. The van der Waals surface area contributed by atoms with E-state index in [4.69, 9.17) is 16.1 Å². The van der Waals surface area contributed by atoms with Crippen LogP contribution in [-0.2, 0) is 17.8 Å². The summed E-state index contributed by atoms with van der Waals surface area (Å²) >= 11 is 6.17. The van der Waals surface area contributed by atoms with Crippen LogP contribution >= 0.6 is 11.6 Å². The minimum absolute atomic E-state index is 0.142. The number of benzene rings is 1. The molecule has 2 heterocycles. The summed E-state index contributed by atoms with van der Waals surface area (Å²) in [6.07, 6.45) is 3.06. The van der Waals surface area contributed by atoms with Crippen LogP contribution in [0.15, 0.2) is 51.9 Å². The maximum Gasteiger partial charge on any atom is 0.250 e. The fourth-order valence-electron chi connectivity index (χ4n) is 2.77. The molecule has 2 aromatic heterocycles. The van der Waals surface area contributed by atoms with E-state index in [0.717, 1.165) is 5.56 Å². The molecule has 7 nitrogen and oxygen atoms in total. The highest BCUT2D eigenvalue weighted by atomic mass is 35.5. The number of hydrogen-bond donors (Lipinski definition) is 1. The smallest absolute Gasteiger partial charge is 0.250 e. The van der Waals surface area contributed by atoms with Crippen LogP contribution in [0.25, 0.3) is 0 Å². The van der Waals surface area contributed by atoms with Gasteiger partial charge >= 0.3 is 0 Å². The fraction of sp³-hybridized carbons (Fsp3) is 0.333. The number of rotatable bonds is 8. The summed E-state index contributed by atoms with van der Waals surface area (Å²) in [5.74, 6) is 1.27. The summed E-state index contributed by atoms with van der Waals surface area (Å²) in [6, 6.07) is 10.4. The van der Waals surface area contributed by atoms with Crippen molar-refractivity contribution in [3.63, 3.8) is 0 Å². The summed E-state index contributed by atoms with van der Waals surface area (Å²) in [7, 11) is 0. The van der Waals surface area contributed by atoms with E-state index in [1.807, 2.05) is 32.0 Å². The zero-order chi connectivity index (χ0) is 20.8. The van der Waals surface area contributed by atoms with Crippen molar-refractivity contribution >= 4 is 23.2 Å². The van der Waals surface area contributed by atoms with Crippen LogP contribution in [0, 0.1) is 0 Å². The molecule has 0 atom stereocenters. The van der Waals surface area contributed by atoms with Gasteiger partial charge < -0.3 is 14.4 Å². The van der Waals surface area contributed by atoms with Gasteiger partial charge in [0.05, 0.1) is 12.2 Å². The molecule has 0 aliphatic carbocycles. The van der Waals surface area contributed by atoms with Gasteiger partial charge in [-0.3, -0.25) is 9.59 Å². The number of aryl methyl sites for hydroxylation is 1. The standard InChI is InChI=1S/C21H23ClN4O3/c1-14(2)21-24-19(29-25-21)9-5-8-18(27)23-16-10-11-20(28)26(13-16)12-15-6-3-4-7-17(15)22/h3-4,6-7,10-11,13-14H,5,8-9,12H2,1-2H3,(H,23,27). The van der Waals surface area contributed by atoms with Crippen molar-refractivity contribution < 1.29 is 9.32 Å². The first kappa shape index (κ1) is 20.8. The fourth-order valence-corrected chi connectivity index (χ4v) is 2.96. The van der Waals surface area contributed by atoms with Crippen molar-refractivity contribution in [1.29, 1.82) is 0 Å². The summed E-state index contributed by atoms with van der Waals surface area (Å²) in [4.78, 5) is 28.7. The zero-order valence-electron chi connectivity index (χ0n) is 16.4. The van der Waals surface area contributed by atoms with Gasteiger partial charge in [-0.25, -0.2) is 0 Å². The third kappa shape index (κ3) is 5.77. The topological polar surface area (TPSA) is 90.0 Å². The molecule has 152 valence electrons. The molecule has 0 radical (unpaired) electrons. The van der Waals surface area contributed by atoms with Crippen molar-refractivity contribution in [3.05, 3.63) is 75.3 Å². The molecule has 0 aliphatic rings. The van der Waals surface area contributed by atoms with Crippen molar-refractivity contribution in [2.75, 3.05) is 5.32 Å². The van der Waals surface area contributed by atoms with Crippen LogP contribution in [0.4, 0.5) is 5.69 Å². The predicted octanol–water partition coefficient (Wildman–Crippen LogP) is 4.02. The number of carbonyl (C=O) groups excluding carboxylic acids is 1. The van der Waals surface area contributed by atoms with Gasteiger partial charge in [0.1, 0.15) is 0 Å². The van der Waals surface area contributed by atoms with E-state index < -0.39 is 0 Å². The highest BCUT2D eigenvalue weighted by Gasteiger charge is 2.11. The van der Waals surface area contributed by atoms with E-state index in [2.05, 4.69) is 15.5 Å². The van der Waals surface area contributed by atoms with E-state index in [1.165, 1.54) is 10.6 Å². The second-order valence-corrected chi connectivity index (χ2v) is 7.49. The van der Waals surface area contributed by atoms with Gasteiger partial charge in [-0.1, -0.05) is 48.8 Å². The minimum atomic E-state index is -0.166. The molecule has 3 rings (SSSR count). The number of pyridine rings is 1. The number of nitrogens with zero attached hydrogens (tertiary/aromatic N) is 3. The third-order valence-corrected chi connectivity index (χ3v) is 4.73. The van der Waals surface area contributed by atoms with Gasteiger partial charge in [-0.15, -0.1) is 0 Å². The highest BCUT2D eigenvalue weighted by Crippen LogP contribution is 2.16. The van der Waals surface area contributed by atoms with Gasteiger partial charge in [-0.05, 0) is 24.1 Å². The van der Waals surface area contributed by atoms with Gasteiger partial charge in [0.25, 0.3) is 5.56 Å². The molecule has 0 fully saturated rings. The van der Waals surface area contributed by atoms with Crippen LogP contribution in [-0.4, -0.2) is 20.6 Å². The number of carbonyl (C=O) groups is 1. The third-order valence-electron chi connectivity index (χ3n) is 4.36. The molecule has 0 unspecified atom stereocenters. The molecule has 1 amide bonds. The summed E-state index contributed by atoms with van der Waals surface area (Å²) < 4.78 is 6.70. The first-order valence-electron chi connectivity index (χ1n) is 9.48. The maximum absolute atomic E-state index is 12.2. The average Bonchev–Trinajstić information content (AvgIpc) is 3.15. The Morgan fingerprint density at radius 1 is 1.24 bits per heavy atom. The lowest BCUT2D eigenvalue weighted by molar-refractivity contribution is -0.116. The Morgan fingerprint density at radius 2 is 2.03 bits per heavy atom. The molecule has 0 bridgehead atoms. The quantitative estimate of drug-likeness (QED) is 0.601. The molecule has 8 heteroatoms. The number of nitrogens with one attached hydrogen (secondary N) is 1. The van der Waals surface area contributed by atoms with Gasteiger partial charge in [0.2, 0.25) is 11.8 Å². The van der Waals surface area contributed by atoms with Crippen LogP contribution in [0.5, 0.6) is 0 Å². The van der Waals surface area contributed by atoms with Crippen LogP contribution < -0.4 is 10.9 Å². The SMILES string of the molecule is CC(C)c1noc(CCCC(=O)Nc2ccc(=O)n(Cc3ccccc3Cl)c2)n1. The van der Waals surface area contributed by atoms with Crippen molar-refractivity contribution in [2.45, 2.75) is 45.6 Å². The average molecular weight is 415 g/mol. The van der Waals surface area contributed by atoms with Crippen LogP contribution in [0.2, 0.25) is 5.02 Å². The molecule has 0 aliphatic heterocycles. The molecule has 3 aromatic rings. The van der Waals surface area contributed by atoms with Gasteiger partial charge in [0.15, 0.2) is 5.82 Å². The molecule has 1 N–H and O–H groups in total. The lowest BCUT2D eigenvalue weighted by Gasteiger charge is -2.10. The molecule has 0 saturated carbocycles. The monoisotopic (exact) mass is 414 g/mol. The van der Waals surface area contributed by atoms with E-state index in [1.54, 1.807) is 18.3 Å². The van der Waals surface area contributed by atoms with Crippen LogP contribution in [0.1, 0.15) is 49.9 Å². The van der Waals surface area contributed by atoms with Crippen molar-refractivity contribution in [2.24, 2.45) is 0 Å². The molecule has 0 saturated heterocycles. The maximum atomic E-state index is 12.2. The lowest BCUT2D eigenvalue weighted by atomic mass is 10.2. The molecular formula is C21H23ClN4O3. The minimum Gasteiger partial charge on any atom is -0.339 e. The first-order valence-corrected chi connectivity index (χ1v) is 9.86. The van der Waals surface area contributed by atoms with E-state index >= 15 is 0 Å². The Kier molecular flexibility index (Phi) is 6.82. The Labute approximate surface area is 173 Å². The lowest BCUT2D eigenvalue weighted by Crippen LogP contribution is -2.21. The van der Waals surface area contributed by atoms with E-state index in [0.29, 0.717) is 48.2 Å². The zero-order valence-corrected chi connectivity index (χ0v) is 17.1. The normalized spacial score (nSPS) is 11.0. The molecule has 0 spiro atoms. The second kappa shape index (κ2) is 9.52. The Hall–Kier alpha value is -2.93. The largest absolute Gasteiger partial charge is 0.339 e. The van der Waals surface area contributed by atoms with E-state index in [-0.39, 0.29) is 17.4 Å². The van der Waals surface area contributed by atoms with E-state index in [9.17, 15) is 9.59 Å². The number of aromatic nitrogens is 3. The number of halogens is 1. The molecule has 29 heavy (non-hydrogen) atoms. The molecule has 1 aromatic carbocycles. The van der Waals surface area contributed by atoms with Crippen LogP contribution in [0.3, 0.4) is 0 Å².